The Kier molecular flexibility index (Phi) is 5.49. The fraction of sp³-hybridized carbons (Fsp3) is 1.00. The third-order valence-electron chi connectivity index (χ3n) is 2.30. The van der Waals surface area contributed by atoms with Crippen molar-refractivity contribution in [3.05, 3.63) is 0 Å². The Balaban J connectivity index is 3.87. The van der Waals surface area contributed by atoms with Crippen LogP contribution in [0.5, 0.6) is 0 Å². The van der Waals surface area contributed by atoms with Gasteiger partial charge in [-0.15, -0.1) is 0 Å². The fourth-order valence-corrected chi connectivity index (χ4v) is 6.24. The molecule has 0 rings (SSSR count). The van der Waals surface area contributed by atoms with E-state index >= 15 is 0 Å². The van der Waals surface area contributed by atoms with Crippen LogP contribution in [0.25, 0.3) is 0 Å². The summed E-state index contributed by atoms with van der Waals surface area (Å²) < 4.78 is 0. The summed E-state index contributed by atoms with van der Waals surface area (Å²) in [6, 6.07) is 3.89. The van der Waals surface area contributed by atoms with Crippen LogP contribution in [0.15, 0.2) is 0 Å². The minimum atomic E-state index is -1.05. The highest BCUT2D eigenvalue weighted by Gasteiger charge is 2.26. The fourth-order valence-electron chi connectivity index (χ4n) is 1.19. The molecule has 0 atom stereocenters. The lowest BCUT2D eigenvalue weighted by molar-refractivity contribution is 0.376. The second kappa shape index (κ2) is 5.21. The minimum absolute atomic E-state index is 0.321. The van der Waals surface area contributed by atoms with Gasteiger partial charge in [-0.25, -0.2) is 0 Å². The molecule has 3 heteroatoms. The van der Waals surface area contributed by atoms with Gasteiger partial charge in [0.05, 0.1) is 5.94 Å². The zero-order chi connectivity index (χ0) is 8.04. The van der Waals surface area contributed by atoms with Crippen molar-refractivity contribution in [1.29, 1.82) is 0 Å². The maximum Gasteiger partial charge on any atom is 0.119 e. The monoisotopic (exact) mass is 178 g/mol. The molecule has 0 bridgehead atoms. The molecule has 0 aliphatic rings. The van der Waals surface area contributed by atoms with E-state index in [4.69, 9.17) is 5.11 Å². The first-order chi connectivity index (χ1) is 4.74. The highest BCUT2D eigenvalue weighted by atomic mass is 32.4. The topological polar surface area (TPSA) is 20.2 Å². The molecule has 0 aliphatic heterocycles. The van der Waals surface area contributed by atoms with E-state index in [1.807, 2.05) is 11.2 Å². The molecule has 62 valence electrons. The molecule has 0 spiro atoms. The van der Waals surface area contributed by atoms with E-state index in [0.29, 0.717) is 5.94 Å². The molecule has 0 aromatic carbocycles. The second-order valence-electron chi connectivity index (χ2n) is 2.52. The van der Waals surface area contributed by atoms with Crippen LogP contribution in [-0.4, -0.2) is 18.3 Å². The Morgan fingerprint density at radius 2 is 1.50 bits per heavy atom. The molecule has 0 aliphatic carbocycles. The van der Waals surface area contributed by atoms with Crippen LogP contribution in [0.2, 0.25) is 18.1 Å². The van der Waals surface area contributed by atoms with Crippen molar-refractivity contribution in [2.75, 3.05) is 5.94 Å². The zero-order valence-corrected chi connectivity index (χ0v) is 9.00. The first-order valence-electron chi connectivity index (χ1n) is 3.99. The van der Waals surface area contributed by atoms with E-state index < -0.39 is 7.22 Å². The van der Waals surface area contributed by atoms with Gasteiger partial charge in [-0.2, -0.15) is 11.2 Å². The second-order valence-corrected chi connectivity index (χ2v) is 11.0. The van der Waals surface area contributed by atoms with Gasteiger partial charge >= 0.3 is 0 Å². The molecule has 0 fully saturated rings. The summed E-state index contributed by atoms with van der Waals surface area (Å²) in [5.74, 6) is 0.321. The Bertz CT molecular complexity index is 75.4. The van der Waals surface area contributed by atoms with E-state index in [1.54, 1.807) is 0 Å². The predicted molar refractivity (Wildman–Crippen MR) is 51.9 cm³/mol. The van der Waals surface area contributed by atoms with Crippen molar-refractivity contribution in [1.82, 2.24) is 0 Å². The van der Waals surface area contributed by atoms with Crippen molar-refractivity contribution in [3.63, 3.8) is 0 Å². The average Bonchev–Trinajstić information content (AvgIpc) is 2.01. The normalized spacial score (nSPS) is 12.0. The molecule has 0 radical (unpaired) electrons. The van der Waals surface area contributed by atoms with Gasteiger partial charge in [-0.3, -0.25) is 0 Å². The van der Waals surface area contributed by atoms with Crippen LogP contribution in [0.1, 0.15) is 20.8 Å². The van der Waals surface area contributed by atoms with E-state index in [9.17, 15) is 0 Å². The summed E-state index contributed by atoms with van der Waals surface area (Å²) in [6.07, 6.45) is 0. The standard InChI is InChI=1S/C7H18OSSi/c1-4-10(5-2,6-3)9-7-8/h8H,4-7H2,1-3H3. The lowest BCUT2D eigenvalue weighted by Crippen LogP contribution is -2.27. The first-order valence-corrected chi connectivity index (χ1v) is 8.32. The SMILES string of the molecule is CC[Si](CC)(CC)SCO. The first kappa shape index (κ1) is 10.5. The van der Waals surface area contributed by atoms with Gasteiger partial charge in [0.15, 0.2) is 0 Å². The number of hydrogen-bond acceptors (Lipinski definition) is 2. The molecule has 0 amide bonds. The maximum atomic E-state index is 8.79. The number of rotatable bonds is 5. The molecular formula is C7H18OSSi. The van der Waals surface area contributed by atoms with E-state index in [1.165, 1.54) is 18.1 Å². The highest BCUT2D eigenvalue weighted by Crippen LogP contribution is 2.31. The number of aliphatic hydroxyl groups is 1. The van der Waals surface area contributed by atoms with Crippen molar-refractivity contribution < 1.29 is 5.11 Å². The third-order valence-corrected chi connectivity index (χ3v) is 11.7. The molecule has 0 saturated carbocycles. The van der Waals surface area contributed by atoms with Crippen molar-refractivity contribution >= 4 is 18.4 Å². The van der Waals surface area contributed by atoms with Gasteiger partial charge in [0.25, 0.3) is 0 Å². The maximum absolute atomic E-state index is 8.79. The van der Waals surface area contributed by atoms with Gasteiger partial charge in [0.2, 0.25) is 0 Å². The Morgan fingerprint density at radius 3 is 1.60 bits per heavy atom. The van der Waals surface area contributed by atoms with Crippen LogP contribution in [0, 0.1) is 0 Å². The van der Waals surface area contributed by atoms with Gasteiger partial charge in [0.1, 0.15) is 7.22 Å². The highest BCUT2D eigenvalue weighted by molar-refractivity contribution is 8.28. The van der Waals surface area contributed by atoms with Crippen LogP contribution in [0.3, 0.4) is 0 Å². The van der Waals surface area contributed by atoms with E-state index in [-0.39, 0.29) is 0 Å². The lowest BCUT2D eigenvalue weighted by Gasteiger charge is -2.25. The molecule has 0 heterocycles. The summed E-state index contributed by atoms with van der Waals surface area (Å²) in [4.78, 5) is 0. The summed E-state index contributed by atoms with van der Waals surface area (Å²) in [5, 5.41) is 8.79. The summed E-state index contributed by atoms with van der Waals surface area (Å²) in [6.45, 7) is 6.76. The summed E-state index contributed by atoms with van der Waals surface area (Å²) >= 11 is 1.82. The van der Waals surface area contributed by atoms with Gasteiger partial charge in [-0.05, 0) is 0 Å². The zero-order valence-electron chi connectivity index (χ0n) is 7.18. The van der Waals surface area contributed by atoms with Crippen molar-refractivity contribution in [2.24, 2.45) is 0 Å². The van der Waals surface area contributed by atoms with Crippen LogP contribution >= 0.6 is 11.2 Å². The largest absolute Gasteiger partial charge is 0.386 e. The Labute approximate surface area is 68.9 Å². The molecule has 0 aromatic rings. The molecule has 0 saturated heterocycles. The van der Waals surface area contributed by atoms with Crippen molar-refractivity contribution in [3.8, 4) is 0 Å². The molecule has 1 nitrogen and oxygen atoms in total. The molecule has 0 unspecified atom stereocenters. The molecular weight excluding hydrogens is 160 g/mol. The van der Waals surface area contributed by atoms with Crippen molar-refractivity contribution in [2.45, 2.75) is 38.9 Å². The summed E-state index contributed by atoms with van der Waals surface area (Å²) in [5.41, 5.74) is 0. The van der Waals surface area contributed by atoms with E-state index in [0.717, 1.165) is 0 Å². The molecule has 10 heavy (non-hydrogen) atoms. The Hall–Kier alpha value is 0.527. The van der Waals surface area contributed by atoms with E-state index in [2.05, 4.69) is 20.8 Å². The predicted octanol–water partition coefficient (Wildman–Crippen LogP) is 2.67. The Morgan fingerprint density at radius 1 is 1.10 bits per heavy atom. The smallest absolute Gasteiger partial charge is 0.119 e. The third kappa shape index (κ3) is 2.64. The number of aliphatic hydroxyl groups excluding tert-OH is 1. The van der Waals surface area contributed by atoms with Crippen LogP contribution in [0.4, 0.5) is 0 Å². The van der Waals surface area contributed by atoms with Gasteiger partial charge in [0, 0.05) is 0 Å². The average molecular weight is 178 g/mol. The van der Waals surface area contributed by atoms with Crippen LogP contribution in [-0.2, 0) is 0 Å². The molecule has 1 N–H and O–H groups in total. The van der Waals surface area contributed by atoms with Gasteiger partial charge in [-0.1, -0.05) is 38.9 Å². The minimum Gasteiger partial charge on any atom is -0.386 e. The van der Waals surface area contributed by atoms with Gasteiger partial charge < -0.3 is 5.11 Å². The summed E-state index contributed by atoms with van der Waals surface area (Å²) in [7, 11) is -1.05. The van der Waals surface area contributed by atoms with Crippen LogP contribution < -0.4 is 0 Å². The lowest BCUT2D eigenvalue weighted by atomic mass is 10.9. The number of hydrogen-bond donors (Lipinski definition) is 1. The quantitative estimate of drug-likeness (QED) is 0.516. The molecule has 0 aromatic heterocycles.